The van der Waals surface area contributed by atoms with Gasteiger partial charge in [-0.3, -0.25) is 4.79 Å². The molecule has 0 aliphatic carbocycles. The van der Waals surface area contributed by atoms with Crippen molar-refractivity contribution in [3.63, 3.8) is 0 Å². The zero-order valence-electron chi connectivity index (χ0n) is 10.9. The number of carbonyl (C=O) groups excluding carboxylic acids is 1. The highest BCUT2D eigenvalue weighted by molar-refractivity contribution is 5.76. The first-order chi connectivity index (χ1) is 9.15. The number of hydrogen-bond acceptors (Lipinski definition) is 3. The van der Waals surface area contributed by atoms with Gasteiger partial charge in [0.1, 0.15) is 0 Å². The van der Waals surface area contributed by atoms with Crippen molar-refractivity contribution in [2.24, 2.45) is 5.73 Å². The lowest BCUT2D eigenvalue weighted by atomic mass is 10.2. The van der Waals surface area contributed by atoms with Crippen LogP contribution in [-0.4, -0.2) is 21.7 Å². The molecule has 1 aromatic heterocycles. The Morgan fingerprint density at radius 3 is 2.74 bits per heavy atom. The molecule has 5 heteroatoms. The van der Waals surface area contributed by atoms with E-state index in [-0.39, 0.29) is 11.9 Å². The monoisotopic (exact) mass is 258 g/mol. The van der Waals surface area contributed by atoms with Crippen LogP contribution in [0.25, 0.3) is 5.69 Å². The Kier molecular flexibility index (Phi) is 4.30. The highest BCUT2D eigenvalue weighted by Gasteiger charge is 2.04. The molecule has 0 spiro atoms. The van der Waals surface area contributed by atoms with Crippen LogP contribution in [0.15, 0.2) is 42.7 Å². The second-order valence-corrected chi connectivity index (χ2v) is 4.58. The fraction of sp³-hybridized carbons (Fsp3) is 0.286. The van der Waals surface area contributed by atoms with Gasteiger partial charge < -0.3 is 11.1 Å². The van der Waals surface area contributed by atoms with Crippen LogP contribution in [0.5, 0.6) is 0 Å². The summed E-state index contributed by atoms with van der Waals surface area (Å²) >= 11 is 0. The lowest BCUT2D eigenvalue weighted by Crippen LogP contribution is -2.29. The van der Waals surface area contributed by atoms with E-state index in [9.17, 15) is 4.79 Å². The number of nitrogens with zero attached hydrogens (tertiary/aromatic N) is 2. The zero-order valence-corrected chi connectivity index (χ0v) is 10.9. The van der Waals surface area contributed by atoms with Crippen molar-refractivity contribution in [3.8, 4) is 5.69 Å². The molecule has 0 bridgehead atoms. The first-order valence-electron chi connectivity index (χ1n) is 6.26. The van der Waals surface area contributed by atoms with Crippen LogP contribution in [0.1, 0.15) is 18.9 Å². The second kappa shape index (κ2) is 6.15. The highest BCUT2D eigenvalue weighted by Crippen LogP contribution is 2.08. The molecule has 0 saturated heterocycles. The molecule has 0 radical (unpaired) electrons. The summed E-state index contributed by atoms with van der Waals surface area (Å²) in [6, 6.07) is 9.66. The molecule has 100 valence electrons. The number of aromatic nitrogens is 2. The number of nitrogens with one attached hydrogen (secondary N) is 1. The first kappa shape index (κ1) is 13.3. The predicted molar refractivity (Wildman–Crippen MR) is 73.7 cm³/mol. The summed E-state index contributed by atoms with van der Waals surface area (Å²) in [5.41, 5.74) is 7.61. The fourth-order valence-electron chi connectivity index (χ4n) is 1.75. The largest absolute Gasteiger partial charge is 0.352 e. The van der Waals surface area contributed by atoms with Crippen molar-refractivity contribution in [1.82, 2.24) is 15.1 Å². The van der Waals surface area contributed by atoms with Gasteiger partial charge in [-0.15, -0.1) is 0 Å². The van der Waals surface area contributed by atoms with Crippen LogP contribution in [0.2, 0.25) is 0 Å². The summed E-state index contributed by atoms with van der Waals surface area (Å²) in [7, 11) is 0. The Hall–Kier alpha value is -2.14. The van der Waals surface area contributed by atoms with Gasteiger partial charge in [-0.1, -0.05) is 12.1 Å². The summed E-state index contributed by atoms with van der Waals surface area (Å²) in [4.78, 5) is 11.5. The van der Waals surface area contributed by atoms with Gasteiger partial charge in [0, 0.05) is 31.4 Å². The van der Waals surface area contributed by atoms with E-state index in [4.69, 9.17) is 5.73 Å². The molecule has 19 heavy (non-hydrogen) atoms. The number of rotatable bonds is 5. The minimum Gasteiger partial charge on any atom is -0.352 e. The second-order valence-electron chi connectivity index (χ2n) is 4.58. The molecule has 0 fully saturated rings. The van der Waals surface area contributed by atoms with E-state index in [0.717, 1.165) is 11.3 Å². The number of amides is 1. The van der Waals surface area contributed by atoms with Crippen LogP contribution in [0.3, 0.4) is 0 Å². The van der Waals surface area contributed by atoms with Gasteiger partial charge in [-0.25, -0.2) is 4.68 Å². The third-order valence-electron chi connectivity index (χ3n) is 2.70. The van der Waals surface area contributed by atoms with Gasteiger partial charge in [0.25, 0.3) is 0 Å². The van der Waals surface area contributed by atoms with Gasteiger partial charge in [0.2, 0.25) is 5.91 Å². The maximum Gasteiger partial charge on any atom is 0.221 e. The highest BCUT2D eigenvalue weighted by atomic mass is 16.1. The van der Waals surface area contributed by atoms with E-state index in [1.807, 2.05) is 43.5 Å². The topological polar surface area (TPSA) is 72.9 Å². The molecule has 1 aromatic carbocycles. The van der Waals surface area contributed by atoms with Crippen molar-refractivity contribution < 1.29 is 4.79 Å². The molecule has 1 heterocycles. The van der Waals surface area contributed by atoms with E-state index in [1.165, 1.54) is 0 Å². The molecule has 3 N–H and O–H groups in total. The van der Waals surface area contributed by atoms with E-state index in [0.29, 0.717) is 13.0 Å². The van der Waals surface area contributed by atoms with Gasteiger partial charge in [-0.2, -0.15) is 5.10 Å². The molecule has 1 atom stereocenters. The lowest BCUT2D eigenvalue weighted by Gasteiger charge is -2.08. The molecule has 0 aliphatic rings. The maximum atomic E-state index is 11.5. The van der Waals surface area contributed by atoms with Crippen LogP contribution < -0.4 is 11.1 Å². The smallest absolute Gasteiger partial charge is 0.221 e. The van der Waals surface area contributed by atoms with Crippen LogP contribution in [0.4, 0.5) is 0 Å². The molecule has 2 aromatic rings. The summed E-state index contributed by atoms with van der Waals surface area (Å²) in [6.07, 6.45) is 3.98. The summed E-state index contributed by atoms with van der Waals surface area (Å²) in [5, 5.41) is 7.00. The predicted octanol–water partition coefficient (Wildman–Crippen LogP) is 1.23. The third kappa shape index (κ3) is 3.93. The molecule has 1 unspecified atom stereocenters. The number of carbonyl (C=O) groups is 1. The number of hydrogen-bond donors (Lipinski definition) is 2. The van der Waals surface area contributed by atoms with E-state index >= 15 is 0 Å². The fourth-order valence-corrected chi connectivity index (χ4v) is 1.75. The van der Waals surface area contributed by atoms with Gasteiger partial charge in [-0.05, 0) is 30.7 Å². The Bertz CT molecular complexity index is 517. The number of nitrogens with two attached hydrogens (primary N) is 1. The summed E-state index contributed by atoms with van der Waals surface area (Å²) < 4.78 is 1.79. The average molecular weight is 258 g/mol. The SMILES string of the molecule is CC(N)CC(=O)NCc1ccc(-n2cccn2)cc1. The Balaban J connectivity index is 1.91. The first-order valence-corrected chi connectivity index (χ1v) is 6.26. The maximum absolute atomic E-state index is 11.5. The van der Waals surface area contributed by atoms with Crippen molar-refractivity contribution in [2.45, 2.75) is 25.9 Å². The Morgan fingerprint density at radius 1 is 1.42 bits per heavy atom. The average Bonchev–Trinajstić information content (AvgIpc) is 2.90. The van der Waals surface area contributed by atoms with Crippen molar-refractivity contribution in [2.75, 3.05) is 0 Å². The van der Waals surface area contributed by atoms with Crippen molar-refractivity contribution in [3.05, 3.63) is 48.3 Å². The lowest BCUT2D eigenvalue weighted by molar-refractivity contribution is -0.121. The van der Waals surface area contributed by atoms with Gasteiger partial charge >= 0.3 is 0 Å². The summed E-state index contributed by atoms with van der Waals surface area (Å²) in [6.45, 7) is 2.34. The minimum absolute atomic E-state index is 0.0221. The molecule has 5 nitrogen and oxygen atoms in total. The number of benzene rings is 1. The Labute approximate surface area is 112 Å². The standard InChI is InChI=1S/C14H18N4O/c1-11(15)9-14(19)16-10-12-3-5-13(6-4-12)18-8-2-7-17-18/h2-8,11H,9-10,15H2,1H3,(H,16,19). The van der Waals surface area contributed by atoms with Gasteiger partial charge in [0.15, 0.2) is 0 Å². The van der Waals surface area contributed by atoms with Crippen LogP contribution in [-0.2, 0) is 11.3 Å². The molecule has 0 saturated carbocycles. The van der Waals surface area contributed by atoms with Crippen molar-refractivity contribution >= 4 is 5.91 Å². The molecule has 2 rings (SSSR count). The minimum atomic E-state index is -0.109. The third-order valence-corrected chi connectivity index (χ3v) is 2.70. The quantitative estimate of drug-likeness (QED) is 0.847. The van der Waals surface area contributed by atoms with E-state index in [1.54, 1.807) is 10.9 Å². The van der Waals surface area contributed by atoms with E-state index in [2.05, 4.69) is 10.4 Å². The zero-order chi connectivity index (χ0) is 13.7. The Morgan fingerprint density at radius 2 is 2.16 bits per heavy atom. The molecule has 1 amide bonds. The molecule has 0 aliphatic heterocycles. The van der Waals surface area contributed by atoms with E-state index < -0.39 is 0 Å². The van der Waals surface area contributed by atoms with Crippen LogP contribution in [0, 0.1) is 0 Å². The van der Waals surface area contributed by atoms with Crippen LogP contribution >= 0.6 is 0 Å². The molecular weight excluding hydrogens is 240 g/mol. The van der Waals surface area contributed by atoms with Gasteiger partial charge in [0.05, 0.1) is 5.69 Å². The summed E-state index contributed by atoms with van der Waals surface area (Å²) in [5.74, 6) is -0.0221. The molecular formula is C14H18N4O. The normalized spacial score (nSPS) is 12.1. The van der Waals surface area contributed by atoms with Crippen molar-refractivity contribution in [1.29, 1.82) is 0 Å².